The predicted octanol–water partition coefficient (Wildman–Crippen LogP) is 3.81. The lowest BCUT2D eigenvalue weighted by Crippen LogP contribution is -2.31. The highest BCUT2D eigenvalue weighted by molar-refractivity contribution is 6.31. The maximum atomic E-state index is 12.4. The number of benzene rings is 1. The van der Waals surface area contributed by atoms with Crippen LogP contribution in [0.3, 0.4) is 0 Å². The van der Waals surface area contributed by atoms with Gasteiger partial charge in [0.25, 0.3) is 0 Å². The average Bonchev–Trinajstić information content (AvgIpc) is 2.91. The molecular formula is C15H13ClN2O2. The maximum Gasteiger partial charge on any atom is 0.233 e. The van der Waals surface area contributed by atoms with Crippen LogP contribution in [0.1, 0.15) is 19.1 Å². The Hall–Kier alpha value is -2.07. The SMILES string of the molecule is CCN1C(=O)CC(c2ccco2)=Nc2ccc(Cl)cc21. The molecule has 0 radical (unpaired) electrons. The molecule has 0 atom stereocenters. The highest BCUT2D eigenvalue weighted by Gasteiger charge is 2.24. The second kappa shape index (κ2) is 5.13. The molecule has 0 bridgehead atoms. The van der Waals surface area contributed by atoms with Crippen molar-refractivity contribution in [3.05, 3.63) is 47.4 Å². The molecule has 5 heteroatoms. The Balaban J connectivity index is 2.15. The first-order valence-electron chi connectivity index (χ1n) is 6.40. The number of halogens is 1. The highest BCUT2D eigenvalue weighted by Crippen LogP contribution is 2.35. The van der Waals surface area contributed by atoms with Crippen molar-refractivity contribution in [2.24, 2.45) is 4.99 Å². The predicted molar refractivity (Wildman–Crippen MR) is 79.0 cm³/mol. The number of amides is 1. The summed E-state index contributed by atoms with van der Waals surface area (Å²) >= 11 is 6.03. The number of fused-ring (bicyclic) bond motifs is 1. The van der Waals surface area contributed by atoms with Crippen LogP contribution in [0.15, 0.2) is 46.0 Å². The number of rotatable bonds is 2. The van der Waals surface area contributed by atoms with Gasteiger partial charge in [-0.1, -0.05) is 11.6 Å². The minimum absolute atomic E-state index is 0.0105. The Morgan fingerprint density at radius 1 is 1.40 bits per heavy atom. The standard InChI is InChI=1S/C15H13ClN2O2/c1-2-18-13-8-10(16)5-6-11(13)17-12(9-15(18)19)14-4-3-7-20-14/h3-8H,2,9H2,1H3. The molecular weight excluding hydrogens is 276 g/mol. The molecule has 0 N–H and O–H groups in total. The summed E-state index contributed by atoms with van der Waals surface area (Å²) in [5, 5.41) is 0.589. The van der Waals surface area contributed by atoms with Gasteiger partial charge in [-0.2, -0.15) is 0 Å². The molecule has 4 nitrogen and oxygen atoms in total. The Kier molecular flexibility index (Phi) is 3.32. The summed E-state index contributed by atoms with van der Waals surface area (Å²) in [6, 6.07) is 8.96. The summed E-state index contributed by atoms with van der Waals surface area (Å²) < 4.78 is 5.36. The van der Waals surface area contributed by atoms with Crippen molar-refractivity contribution in [3.8, 4) is 0 Å². The molecule has 0 spiro atoms. The van der Waals surface area contributed by atoms with Crippen molar-refractivity contribution in [3.63, 3.8) is 0 Å². The number of nitrogens with zero attached hydrogens (tertiary/aromatic N) is 2. The third-order valence-corrected chi connectivity index (χ3v) is 3.46. The first kappa shape index (κ1) is 12.9. The lowest BCUT2D eigenvalue weighted by molar-refractivity contribution is -0.117. The Morgan fingerprint density at radius 3 is 2.95 bits per heavy atom. The highest BCUT2D eigenvalue weighted by atomic mass is 35.5. The van der Waals surface area contributed by atoms with E-state index in [9.17, 15) is 4.79 Å². The summed E-state index contributed by atoms with van der Waals surface area (Å²) in [5.41, 5.74) is 2.11. The lowest BCUT2D eigenvalue weighted by Gasteiger charge is -2.20. The molecule has 0 fully saturated rings. The average molecular weight is 289 g/mol. The van der Waals surface area contributed by atoms with E-state index in [2.05, 4.69) is 4.99 Å². The van der Waals surface area contributed by atoms with Crippen LogP contribution in [0.25, 0.3) is 0 Å². The van der Waals surface area contributed by atoms with Crippen LogP contribution in [-0.2, 0) is 4.79 Å². The first-order valence-corrected chi connectivity index (χ1v) is 6.78. The van der Waals surface area contributed by atoms with Crippen LogP contribution in [0, 0.1) is 0 Å². The molecule has 0 aliphatic carbocycles. The third-order valence-electron chi connectivity index (χ3n) is 3.23. The summed E-state index contributed by atoms with van der Waals surface area (Å²) in [6.45, 7) is 2.51. The third kappa shape index (κ3) is 2.23. The molecule has 1 aliphatic heterocycles. The van der Waals surface area contributed by atoms with Gasteiger partial charge in [0.2, 0.25) is 5.91 Å². The van der Waals surface area contributed by atoms with Crippen molar-refractivity contribution in [2.75, 3.05) is 11.4 Å². The smallest absolute Gasteiger partial charge is 0.233 e. The van der Waals surface area contributed by atoms with Crippen molar-refractivity contribution < 1.29 is 9.21 Å². The van der Waals surface area contributed by atoms with Gasteiger partial charge >= 0.3 is 0 Å². The number of carbonyl (C=O) groups is 1. The maximum absolute atomic E-state index is 12.4. The molecule has 2 heterocycles. The largest absolute Gasteiger partial charge is 0.463 e. The number of hydrogen-bond donors (Lipinski definition) is 0. The Morgan fingerprint density at radius 2 is 2.25 bits per heavy atom. The van der Waals surface area contributed by atoms with Crippen molar-refractivity contribution >= 4 is 34.6 Å². The minimum atomic E-state index is -0.0105. The van der Waals surface area contributed by atoms with Gasteiger partial charge in [-0.3, -0.25) is 4.79 Å². The summed E-state index contributed by atoms with van der Waals surface area (Å²) in [5.74, 6) is 0.612. The number of hydrogen-bond acceptors (Lipinski definition) is 3. The van der Waals surface area contributed by atoms with E-state index in [0.717, 1.165) is 11.4 Å². The number of anilines is 1. The van der Waals surface area contributed by atoms with Crippen LogP contribution in [0.5, 0.6) is 0 Å². The molecule has 1 aromatic carbocycles. The molecule has 3 rings (SSSR count). The fraction of sp³-hybridized carbons (Fsp3) is 0.200. The molecule has 1 amide bonds. The Bertz CT molecular complexity index is 677. The van der Waals surface area contributed by atoms with Crippen molar-refractivity contribution in [1.82, 2.24) is 0 Å². The molecule has 1 aromatic heterocycles. The van der Waals surface area contributed by atoms with Crippen LogP contribution in [-0.4, -0.2) is 18.2 Å². The zero-order valence-electron chi connectivity index (χ0n) is 11.0. The van der Waals surface area contributed by atoms with E-state index < -0.39 is 0 Å². The normalized spacial score (nSPS) is 14.8. The summed E-state index contributed by atoms with van der Waals surface area (Å²) in [7, 11) is 0. The number of carbonyl (C=O) groups excluding carboxylic acids is 1. The molecule has 0 unspecified atom stereocenters. The van der Waals surface area contributed by atoms with Crippen LogP contribution >= 0.6 is 11.6 Å². The number of aliphatic imine (C=N–C) groups is 1. The van der Waals surface area contributed by atoms with Crippen molar-refractivity contribution in [1.29, 1.82) is 0 Å². The van der Waals surface area contributed by atoms with E-state index in [-0.39, 0.29) is 12.3 Å². The molecule has 0 saturated heterocycles. The zero-order chi connectivity index (χ0) is 14.1. The molecule has 20 heavy (non-hydrogen) atoms. The first-order chi connectivity index (χ1) is 9.69. The molecule has 0 saturated carbocycles. The van der Waals surface area contributed by atoms with Gasteiger partial charge in [0.15, 0.2) is 0 Å². The Labute approximate surface area is 121 Å². The van der Waals surface area contributed by atoms with Gasteiger partial charge in [-0.15, -0.1) is 0 Å². The fourth-order valence-electron chi connectivity index (χ4n) is 2.30. The van der Waals surface area contributed by atoms with Gasteiger partial charge in [0.05, 0.1) is 29.8 Å². The van der Waals surface area contributed by atoms with Gasteiger partial charge in [-0.05, 0) is 37.3 Å². The van der Waals surface area contributed by atoms with E-state index in [4.69, 9.17) is 16.0 Å². The minimum Gasteiger partial charge on any atom is -0.463 e. The summed E-state index contributed by atoms with van der Waals surface area (Å²) in [4.78, 5) is 18.7. The van der Waals surface area contributed by atoms with E-state index in [1.807, 2.05) is 19.1 Å². The lowest BCUT2D eigenvalue weighted by atomic mass is 10.2. The van der Waals surface area contributed by atoms with E-state index in [1.54, 1.807) is 29.4 Å². The van der Waals surface area contributed by atoms with Gasteiger partial charge < -0.3 is 9.32 Å². The monoisotopic (exact) mass is 288 g/mol. The van der Waals surface area contributed by atoms with Gasteiger partial charge in [-0.25, -0.2) is 4.99 Å². The van der Waals surface area contributed by atoms with Gasteiger partial charge in [0.1, 0.15) is 5.76 Å². The number of furan rings is 1. The molecule has 102 valence electrons. The van der Waals surface area contributed by atoms with Crippen LogP contribution in [0.4, 0.5) is 11.4 Å². The van der Waals surface area contributed by atoms with E-state index in [0.29, 0.717) is 23.0 Å². The van der Waals surface area contributed by atoms with Gasteiger partial charge in [0, 0.05) is 11.6 Å². The quantitative estimate of drug-likeness (QED) is 0.843. The molecule has 2 aromatic rings. The van der Waals surface area contributed by atoms with Crippen molar-refractivity contribution in [2.45, 2.75) is 13.3 Å². The van der Waals surface area contributed by atoms with Crippen LogP contribution in [0.2, 0.25) is 5.02 Å². The van der Waals surface area contributed by atoms with E-state index in [1.165, 1.54) is 0 Å². The zero-order valence-corrected chi connectivity index (χ0v) is 11.7. The molecule has 1 aliphatic rings. The van der Waals surface area contributed by atoms with E-state index >= 15 is 0 Å². The second-order valence-corrected chi connectivity index (χ2v) is 4.92. The topological polar surface area (TPSA) is 45.8 Å². The summed E-state index contributed by atoms with van der Waals surface area (Å²) in [6.07, 6.45) is 1.79. The second-order valence-electron chi connectivity index (χ2n) is 4.48. The van der Waals surface area contributed by atoms with Crippen LogP contribution < -0.4 is 4.90 Å². The fourth-order valence-corrected chi connectivity index (χ4v) is 2.46.